The third-order valence-corrected chi connectivity index (χ3v) is 3.64. The van der Waals surface area contributed by atoms with Gasteiger partial charge in [0.05, 0.1) is 6.61 Å². The summed E-state index contributed by atoms with van der Waals surface area (Å²) in [5.41, 5.74) is 3.00. The molecule has 3 nitrogen and oxygen atoms in total. The Kier molecular flexibility index (Phi) is 5.58. The summed E-state index contributed by atoms with van der Waals surface area (Å²) in [4.78, 5) is 2.50. The van der Waals surface area contributed by atoms with Crippen LogP contribution in [0.25, 0.3) is 0 Å². The van der Waals surface area contributed by atoms with Crippen LogP contribution >= 0.6 is 0 Å². The van der Waals surface area contributed by atoms with Crippen molar-refractivity contribution in [3.8, 4) is 0 Å². The van der Waals surface area contributed by atoms with Gasteiger partial charge in [0.1, 0.15) is 0 Å². The molecule has 1 aromatic rings. The lowest BCUT2D eigenvalue weighted by molar-refractivity contribution is 0.140. The monoisotopic (exact) mass is 276 g/mol. The second kappa shape index (κ2) is 7.21. The van der Waals surface area contributed by atoms with E-state index in [1.54, 1.807) is 0 Å². The van der Waals surface area contributed by atoms with Crippen LogP contribution in [0.2, 0.25) is 0 Å². The van der Waals surface area contributed by atoms with Crippen molar-refractivity contribution in [1.82, 2.24) is 10.2 Å². The highest BCUT2D eigenvalue weighted by molar-refractivity contribution is 5.27. The molecule has 0 amide bonds. The van der Waals surface area contributed by atoms with Crippen molar-refractivity contribution in [2.75, 3.05) is 26.3 Å². The second-order valence-electron chi connectivity index (χ2n) is 6.61. The molecule has 0 atom stereocenters. The molecule has 1 aromatic carbocycles. The van der Waals surface area contributed by atoms with Gasteiger partial charge in [0, 0.05) is 38.3 Å². The van der Waals surface area contributed by atoms with Gasteiger partial charge < -0.3 is 10.1 Å². The van der Waals surface area contributed by atoms with E-state index >= 15 is 0 Å². The van der Waals surface area contributed by atoms with Gasteiger partial charge in [-0.3, -0.25) is 4.90 Å². The SMILES string of the molecule is CC(C)(C)NCc1ccccc1CN1CCCOCC1. The maximum absolute atomic E-state index is 5.53. The Hall–Kier alpha value is -0.900. The van der Waals surface area contributed by atoms with Crippen LogP contribution in [-0.4, -0.2) is 36.7 Å². The molecule has 0 spiro atoms. The molecule has 1 heterocycles. The van der Waals surface area contributed by atoms with Gasteiger partial charge in [-0.1, -0.05) is 24.3 Å². The minimum absolute atomic E-state index is 0.156. The van der Waals surface area contributed by atoms with Crippen LogP contribution in [0.1, 0.15) is 38.3 Å². The molecule has 3 heteroatoms. The summed E-state index contributed by atoms with van der Waals surface area (Å²) in [5.74, 6) is 0. The zero-order valence-electron chi connectivity index (χ0n) is 13.1. The van der Waals surface area contributed by atoms with Crippen LogP contribution in [0, 0.1) is 0 Å². The van der Waals surface area contributed by atoms with E-state index < -0.39 is 0 Å². The Morgan fingerprint density at radius 1 is 1.10 bits per heavy atom. The predicted molar refractivity (Wildman–Crippen MR) is 83.7 cm³/mol. The molecule has 0 bridgehead atoms. The smallest absolute Gasteiger partial charge is 0.0593 e. The quantitative estimate of drug-likeness (QED) is 0.915. The fourth-order valence-electron chi connectivity index (χ4n) is 2.44. The topological polar surface area (TPSA) is 24.5 Å². The molecule has 20 heavy (non-hydrogen) atoms. The van der Waals surface area contributed by atoms with E-state index in [1.807, 2.05) is 0 Å². The maximum atomic E-state index is 5.53. The molecule has 0 saturated carbocycles. The van der Waals surface area contributed by atoms with Crippen LogP contribution in [0.4, 0.5) is 0 Å². The van der Waals surface area contributed by atoms with Gasteiger partial charge in [0.15, 0.2) is 0 Å². The van der Waals surface area contributed by atoms with Gasteiger partial charge in [0.25, 0.3) is 0 Å². The van der Waals surface area contributed by atoms with Crippen molar-refractivity contribution in [1.29, 1.82) is 0 Å². The molecular weight excluding hydrogens is 248 g/mol. The van der Waals surface area contributed by atoms with Crippen molar-refractivity contribution < 1.29 is 4.74 Å². The van der Waals surface area contributed by atoms with E-state index in [-0.39, 0.29) is 5.54 Å². The highest BCUT2D eigenvalue weighted by Crippen LogP contribution is 2.14. The summed E-state index contributed by atoms with van der Waals surface area (Å²) in [6.07, 6.45) is 1.14. The zero-order valence-corrected chi connectivity index (χ0v) is 13.1. The highest BCUT2D eigenvalue weighted by Gasteiger charge is 2.13. The molecule has 0 unspecified atom stereocenters. The first-order chi connectivity index (χ1) is 9.54. The molecule has 1 saturated heterocycles. The van der Waals surface area contributed by atoms with Crippen LogP contribution in [0.3, 0.4) is 0 Å². The largest absolute Gasteiger partial charge is 0.380 e. The fourth-order valence-corrected chi connectivity index (χ4v) is 2.44. The number of hydrogen-bond donors (Lipinski definition) is 1. The number of nitrogens with one attached hydrogen (secondary N) is 1. The van der Waals surface area contributed by atoms with E-state index in [0.717, 1.165) is 45.8 Å². The van der Waals surface area contributed by atoms with Crippen LogP contribution < -0.4 is 5.32 Å². The third kappa shape index (κ3) is 5.23. The second-order valence-corrected chi connectivity index (χ2v) is 6.61. The van der Waals surface area contributed by atoms with Crippen LogP contribution in [0.15, 0.2) is 24.3 Å². The molecule has 1 fully saturated rings. The molecule has 1 aliphatic heterocycles. The molecule has 0 radical (unpaired) electrons. The summed E-state index contributed by atoms with van der Waals surface area (Å²) in [7, 11) is 0. The van der Waals surface area contributed by atoms with Gasteiger partial charge in [-0.05, 0) is 38.3 Å². The minimum atomic E-state index is 0.156. The molecule has 2 rings (SSSR count). The first kappa shape index (κ1) is 15.5. The van der Waals surface area contributed by atoms with Crippen molar-refractivity contribution >= 4 is 0 Å². The molecule has 1 aliphatic rings. The van der Waals surface area contributed by atoms with E-state index in [4.69, 9.17) is 4.74 Å². The predicted octanol–water partition coefficient (Wildman–Crippen LogP) is 2.80. The van der Waals surface area contributed by atoms with E-state index in [0.29, 0.717) is 0 Å². The van der Waals surface area contributed by atoms with E-state index in [9.17, 15) is 0 Å². The van der Waals surface area contributed by atoms with Gasteiger partial charge in [0.2, 0.25) is 0 Å². The average Bonchev–Trinajstić information content (AvgIpc) is 2.65. The summed E-state index contributed by atoms with van der Waals surface area (Å²) < 4.78 is 5.53. The van der Waals surface area contributed by atoms with E-state index in [1.165, 1.54) is 11.1 Å². The lowest BCUT2D eigenvalue weighted by atomic mass is 10.0. The summed E-state index contributed by atoms with van der Waals surface area (Å²) >= 11 is 0. The Bertz CT molecular complexity index is 404. The Balaban J connectivity index is 1.99. The first-order valence-electron chi connectivity index (χ1n) is 7.66. The van der Waals surface area contributed by atoms with Gasteiger partial charge in [-0.25, -0.2) is 0 Å². The summed E-state index contributed by atoms with van der Waals surface area (Å²) in [5, 5.41) is 3.58. The minimum Gasteiger partial charge on any atom is -0.380 e. The number of hydrogen-bond acceptors (Lipinski definition) is 3. The lowest BCUT2D eigenvalue weighted by Crippen LogP contribution is -2.35. The van der Waals surface area contributed by atoms with Gasteiger partial charge in [-0.2, -0.15) is 0 Å². The number of benzene rings is 1. The summed E-state index contributed by atoms with van der Waals surface area (Å²) in [6.45, 7) is 12.6. The lowest BCUT2D eigenvalue weighted by Gasteiger charge is -2.24. The normalized spacial score (nSPS) is 17.9. The molecule has 112 valence electrons. The van der Waals surface area contributed by atoms with Gasteiger partial charge >= 0.3 is 0 Å². The van der Waals surface area contributed by atoms with E-state index in [2.05, 4.69) is 55.3 Å². The van der Waals surface area contributed by atoms with Crippen molar-refractivity contribution in [2.24, 2.45) is 0 Å². The Morgan fingerprint density at radius 2 is 1.85 bits per heavy atom. The standard InChI is InChI=1S/C17H28N2O/c1-17(2,3)18-13-15-7-4-5-8-16(15)14-19-9-6-11-20-12-10-19/h4-5,7-8,18H,6,9-14H2,1-3H3. The first-order valence-corrected chi connectivity index (χ1v) is 7.66. The zero-order chi connectivity index (χ0) is 14.4. The van der Waals surface area contributed by atoms with Crippen LogP contribution in [0.5, 0.6) is 0 Å². The molecular formula is C17H28N2O. The van der Waals surface area contributed by atoms with Crippen molar-refractivity contribution in [3.63, 3.8) is 0 Å². The molecule has 1 N–H and O–H groups in total. The molecule has 0 aliphatic carbocycles. The number of ether oxygens (including phenoxy) is 1. The van der Waals surface area contributed by atoms with Crippen LogP contribution in [-0.2, 0) is 17.8 Å². The number of rotatable bonds is 4. The third-order valence-electron chi connectivity index (χ3n) is 3.64. The fraction of sp³-hybridized carbons (Fsp3) is 0.647. The van der Waals surface area contributed by atoms with Crippen molar-refractivity contribution in [3.05, 3.63) is 35.4 Å². The Morgan fingerprint density at radius 3 is 2.60 bits per heavy atom. The molecule has 0 aromatic heterocycles. The Labute approximate surface area is 123 Å². The van der Waals surface area contributed by atoms with Gasteiger partial charge in [-0.15, -0.1) is 0 Å². The maximum Gasteiger partial charge on any atom is 0.0593 e. The summed E-state index contributed by atoms with van der Waals surface area (Å²) in [6, 6.07) is 8.77. The average molecular weight is 276 g/mol. The highest BCUT2D eigenvalue weighted by atomic mass is 16.5. The van der Waals surface area contributed by atoms with Crippen molar-refractivity contribution in [2.45, 2.75) is 45.8 Å². The number of nitrogens with zero attached hydrogens (tertiary/aromatic N) is 1.